The van der Waals surface area contributed by atoms with Gasteiger partial charge in [-0.2, -0.15) is 0 Å². The number of hydrogen-bond donors (Lipinski definition) is 1. The molecule has 3 rings (SSSR count). The van der Waals surface area contributed by atoms with Crippen LogP contribution in [0.3, 0.4) is 0 Å². The summed E-state index contributed by atoms with van der Waals surface area (Å²) in [4.78, 5) is 53.1. The lowest BCUT2D eigenvalue weighted by Gasteiger charge is -2.32. The minimum atomic E-state index is -0.625. The second-order valence-corrected chi connectivity index (χ2v) is 9.11. The first kappa shape index (κ1) is 21.0. The van der Waals surface area contributed by atoms with Crippen LogP contribution in [-0.2, 0) is 4.79 Å². The Balaban J connectivity index is 1.70. The number of carbonyl (C=O) groups is 4. The predicted octanol–water partition coefficient (Wildman–Crippen LogP) is 2.46. The van der Waals surface area contributed by atoms with Gasteiger partial charge in [0.15, 0.2) is 0 Å². The van der Waals surface area contributed by atoms with Gasteiger partial charge in [0.1, 0.15) is 0 Å². The molecule has 4 amide bonds. The smallest absolute Gasteiger partial charge is 0.262 e. The van der Waals surface area contributed by atoms with Gasteiger partial charge in [0.25, 0.3) is 17.7 Å². The highest BCUT2D eigenvalue weighted by molar-refractivity contribution is 6.22. The molecule has 29 heavy (non-hydrogen) atoms. The highest BCUT2D eigenvalue weighted by Gasteiger charge is 2.42. The molecule has 0 spiro atoms. The lowest BCUT2D eigenvalue weighted by Crippen LogP contribution is -2.47. The van der Waals surface area contributed by atoms with Gasteiger partial charge in [-0.05, 0) is 51.8 Å². The van der Waals surface area contributed by atoms with Crippen LogP contribution in [-0.4, -0.2) is 58.1 Å². The van der Waals surface area contributed by atoms with Crippen LogP contribution in [0.5, 0.6) is 0 Å². The molecule has 0 aromatic heterocycles. The maximum Gasteiger partial charge on any atom is 0.262 e. The van der Waals surface area contributed by atoms with Crippen LogP contribution in [0.2, 0.25) is 0 Å². The van der Waals surface area contributed by atoms with E-state index in [4.69, 9.17) is 0 Å². The molecule has 7 nitrogen and oxygen atoms in total. The van der Waals surface area contributed by atoms with Crippen LogP contribution in [0.15, 0.2) is 18.2 Å². The van der Waals surface area contributed by atoms with Crippen molar-refractivity contribution in [3.05, 3.63) is 34.9 Å². The molecule has 2 heterocycles. The van der Waals surface area contributed by atoms with Gasteiger partial charge >= 0.3 is 0 Å². The van der Waals surface area contributed by atoms with E-state index in [0.29, 0.717) is 37.1 Å². The van der Waals surface area contributed by atoms with Crippen molar-refractivity contribution in [2.45, 2.75) is 59.0 Å². The summed E-state index contributed by atoms with van der Waals surface area (Å²) in [6.07, 6.45) is 1.40. The molecule has 1 aromatic rings. The Hall–Kier alpha value is -2.70. The maximum absolute atomic E-state index is 12.9. The molecule has 156 valence electrons. The Morgan fingerprint density at radius 2 is 1.62 bits per heavy atom. The molecule has 0 saturated carbocycles. The van der Waals surface area contributed by atoms with Crippen LogP contribution in [0.25, 0.3) is 0 Å². The number of nitrogens with one attached hydrogen (secondary N) is 1. The van der Waals surface area contributed by atoms with E-state index >= 15 is 0 Å². The zero-order valence-electron chi connectivity index (χ0n) is 17.7. The highest BCUT2D eigenvalue weighted by atomic mass is 16.2. The van der Waals surface area contributed by atoms with Gasteiger partial charge in [0, 0.05) is 36.2 Å². The number of piperidine rings is 1. The number of likely N-dealkylation sites (tertiary alicyclic amines) is 1. The largest absolute Gasteiger partial charge is 0.353 e. The first-order valence-electron chi connectivity index (χ1n) is 10.1. The van der Waals surface area contributed by atoms with E-state index in [1.165, 1.54) is 11.0 Å². The predicted molar refractivity (Wildman–Crippen MR) is 109 cm³/mol. The molecule has 7 heteroatoms. The van der Waals surface area contributed by atoms with E-state index in [1.54, 1.807) is 17.0 Å². The van der Waals surface area contributed by atoms with Crippen LogP contribution in [0.4, 0.5) is 0 Å². The number of amides is 4. The number of rotatable bonds is 3. The number of benzene rings is 1. The zero-order valence-corrected chi connectivity index (χ0v) is 17.7. The van der Waals surface area contributed by atoms with Crippen LogP contribution in [0, 0.1) is 5.92 Å². The lowest BCUT2D eigenvalue weighted by atomic mass is 10.0. The summed E-state index contributed by atoms with van der Waals surface area (Å²) in [5.74, 6) is -0.870. The molecule has 1 saturated heterocycles. The molecule has 0 unspecified atom stereocenters. The minimum absolute atomic E-state index is 0.0278. The van der Waals surface area contributed by atoms with Crippen molar-refractivity contribution in [2.75, 3.05) is 13.1 Å². The van der Waals surface area contributed by atoms with E-state index < -0.39 is 5.54 Å². The van der Waals surface area contributed by atoms with Crippen molar-refractivity contribution < 1.29 is 19.2 Å². The number of carbonyl (C=O) groups excluding carboxylic acids is 4. The van der Waals surface area contributed by atoms with E-state index in [-0.39, 0.29) is 41.2 Å². The van der Waals surface area contributed by atoms with Crippen LogP contribution >= 0.6 is 0 Å². The van der Waals surface area contributed by atoms with Crippen molar-refractivity contribution in [2.24, 2.45) is 5.92 Å². The maximum atomic E-state index is 12.9. The summed E-state index contributed by atoms with van der Waals surface area (Å²) >= 11 is 0. The topological polar surface area (TPSA) is 86.8 Å². The quantitative estimate of drug-likeness (QED) is 0.791. The van der Waals surface area contributed by atoms with Crippen molar-refractivity contribution in [3.8, 4) is 0 Å². The van der Waals surface area contributed by atoms with Crippen molar-refractivity contribution >= 4 is 23.6 Å². The third-order valence-corrected chi connectivity index (χ3v) is 5.46. The summed E-state index contributed by atoms with van der Waals surface area (Å²) in [5.41, 5.74) is 0.413. The van der Waals surface area contributed by atoms with E-state index in [9.17, 15) is 19.2 Å². The van der Waals surface area contributed by atoms with Crippen molar-refractivity contribution in [1.29, 1.82) is 0 Å². The summed E-state index contributed by atoms with van der Waals surface area (Å²) in [6.45, 7) is 10.2. The average Bonchev–Trinajstić information content (AvgIpc) is 2.91. The van der Waals surface area contributed by atoms with Crippen LogP contribution in [0.1, 0.15) is 78.5 Å². The SMILES string of the molecule is CC(C)C(=O)NC1CCN(C(=O)c2ccc3c(c2)C(=O)N(C(C)(C)C)C3=O)CC1. The molecule has 0 aliphatic carbocycles. The number of imide groups is 1. The summed E-state index contributed by atoms with van der Waals surface area (Å²) in [5, 5.41) is 3.02. The fraction of sp³-hybridized carbons (Fsp3) is 0.545. The van der Waals surface area contributed by atoms with E-state index in [2.05, 4.69) is 5.32 Å². The molecule has 1 N–H and O–H groups in total. The van der Waals surface area contributed by atoms with E-state index in [1.807, 2.05) is 34.6 Å². The second kappa shape index (κ2) is 7.61. The Morgan fingerprint density at radius 3 is 2.17 bits per heavy atom. The normalized spacial score (nSPS) is 17.7. The molecule has 1 fully saturated rings. The minimum Gasteiger partial charge on any atom is -0.353 e. The van der Waals surface area contributed by atoms with Gasteiger partial charge in [-0.1, -0.05) is 13.8 Å². The molecule has 0 radical (unpaired) electrons. The van der Waals surface area contributed by atoms with Gasteiger partial charge < -0.3 is 10.2 Å². The van der Waals surface area contributed by atoms with Crippen molar-refractivity contribution in [3.63, 3.8) is 0 Å². The standard InChI is InChI=1S/C22H29N3O4/c1-13(2)18(26)23-15-8-10-24(11-9-15)19(27)14-6-7-16-17(12-14)21(29)25(20(16)28)22(3,4)5/h6-7,12-13,15H,8-11H2,1-5H3,(H,23,26). The third-order valence-electron chi connectivity index (χ3n) is 5.46. The van der Waals surface area contributed by atoms with E-state index in [0.717, 1.165) is 0 Å². The first-order chi connectivity index (χ1) is 13.5. The number of fused-ring (bicyclic) bond motifs is 1. The van der Waals surface area contributed by atoms with Crippen LogP contribution < -0.4 is 5.32 Å². The number of nitrogens with zero attached hydrogens (tertiary/aromatic N) is 2. The fourth-order valence-electron chi connectivity index (χ4n) is 3.76. The summed E-state index contributed by atoms with van der Waals surface area (Å²) in [7, 11) is 0. The van der Waals surface area contributed by atoms with Gasteiger partial charge in [-0.3, -0.25) is 24.1 Å². The van der Waals surface area contributed by atoms with Gasteiger partial charge in [0.05, 0.1) is 11.1 Å². The molecule has 1 aromatic carbocycles. The molecular weight excluding hydrogens is 370 g/mol. The lowest BCUT2D eigenvalue weighted by molar-refractivity contribution is -0.124. The third kappa shape index (κ3) is 4.04. The highest BCUT2D eigenvalue weighted by Crippen LogP contribution is 2.30. The van der Waals surface area contributed by atoms with Gasteiger partial charge in [0.2, 0.25) is 5.91 Å². The molecule has 2 aliphatic rings. The summed E-state index contributed by atoms with van der Waals surface area (Å²) in [6, 6.07) is 4.81. The monoisotopic (exact) mass is 399 g/mol. The summed E-state index contributed by atoms with van der Waals surface area (Å²) < 4.78 is 0. The Labute approximate surface area is 171 Å². The Kier molecular flexibility index (Phi) is 5.52. The molecule has 2 aliphatic heterocycles. The average molecular weight is 399 g/mol. The zero-order chi connectivity index (χ0) is 21.5. The number of hydrogen-bond acceptors (Lipinski definition) is 4. The molecular formula is C22H29N3O4. The van der Waals surface area contributed by atoms with Crippen molar-refractivity contribution in [1.82, 2.24) is 15.1 Å². The van der Waals surface area contributed by atoms with Gasteiger partial charge in [-0.25, -0.2) is 0 Å². The second-order valence-electron chi connectivity index (χ2n) is 9.11. The first-order valence-corrected chi connectivity index (χ1v) is 10.1. The van der Waals surface area contributed by atoms with Gasteiger partial charge in [-0.15, -0.1) is 0 Å². The molecule has 0 bridgehead atoms. The fourth-order valence-corrected chi connectivity index (χ4v) is 3.76. The molecule has 0 atom stereocenters. The Bertz CT molecular complexity index is 861. The Morgan fingerprint density at radius 1 is 1.03 bits per heavy atom.